The fraction of sp³-hybridized carbons (Fsp3) is 0.214. The number of nitrogens with zero attached hydrogens (tertiary/aromatic N) is 2. The fourth-order valence-corrected chi connectivity index (χ4v) is 4.44. The first-order valence-corrected chi connectivity index (χ1v) is 11.8. The number of benzene rings is 3. The molecule has 3 aromatic carbocycles. The molecule has 1 amide bonds. The molecule has 1 atom stereocenters. The molecule has 6 nitrogen and oxygen atoms in total. The van der Waals surface area contributed by atoms with E-state index in [1.807, 2.05) is 59.2 Å². The van der Waals surface area contributed by atoms with Gasteiger partial charge in [-0.3, -0.25) is 9.69 Å². The standard InChI is InChI=1S/C28H27ClN2O4/c1-35-18-17-30-19-24(23-9-5-6-10-25(23)30)27(32)26(21-7-3-2-4-8-21)31(28(33)34)16-15-20-11-13-22(29)14-12-20/h2-14,19,26H,15-18H2,1H3,(H,33,34). The highest BCUT2D eigenvalue weighted by molar-refractivity contribution is 6.30. The van der Waals surface area contributed by atoms with Crippen LogP contribution in [0.1, 0.15) is 27.5 Å². The van der Waals surface area contributed by atoms with E-state index < -0.39 is 12.1 Å². The molecule has 0 saturated carbocycles. The maximum Gasteiger partial charge on any atom is 0.408 e. The number of carbonyl (C=O) groups is 2. The topological polar surface area (TPSA) is 71.8 Å². The number of fused-ring (bicyclic) bond motifs is 1. The Morgan fingerprint density at radius 2 is 1.69 bits per heavy atom. The molecule has 0 aliphatic carbocycles. The summed E-state index contributed by atoms with van der Waals surface area (Å²) in [5.41, 5.74) is 2.96. The van der Waals surface area contributed by atoms with Crippen LogP contribution in [-0.4, -0.2) is 46.7 Å². The van der Waals surface area contributed by atoms with E-state index in [4.69, 9.17) is 16.3 Å². The molecule has 180 valence electrons. The Kier molecular flexibility index (Phi) is 7.85. The van der Waals surface area contributed by atoms with Gasteiger partial charge in [0.25, 0.3) is 0 Å². The van der Waals surface area contributed by atoms with Crippen LogP contribution in [0.4, 0.5) is 4.79 Å². The van der Waals surface area contributed by atoms with E-state index in [0.29, 0.717) is 35.7 Å². The summed E-state index contributed by atoms with van der Waals surface area (Å²) in [6, 6.07) is 23.0. The van der Waals surface area contributed by atoms with Crippen molar-refractivity contribution in [1.82, 2.24) is 9.47 Å². The minimum absolute atomic E-state index is 0.157. The van der Waals surface area contributed by atoms with E-state index in [1.54, 1.807) is 37.6 Å². The van der Waals surface area contributed by atoms with E-state index in [2.05, 4.69) is 0 Å². The average molecular weight is 491 g/mol. The first-order chi connectivity index (χ1) is 17.0. The van der Waals surface area contributed by atoms with Crippen molar-refractivity contribution in [3.63, 3.8) is 0 Å². The molecule has 35 heavy (non-hydrogen) atoms. The average Bonchev–Trinajstić information content (AvgIpc) is 3.25. The van der Waals surface area contributed by atoms with Gasteiger partial charge in [0.15, 0.2) is 5.78 Å². The van der Waals surface area contributed by atoms with E-state index in [-0.39, 0.29) is 12.3 Å². The molecule has 7 heteroatoms. The Morgan fingerprint density at radius 3 is 2.37 bits per heavy atom. The highest BCUT2D eigenvalue weighted by atomic mass is 35.5. The molecule has 0 saturated heterocycles. The Labute approximate surface area is 209 Å². The van der Waals surface area contributed by atoms with Gasteiger partial charge < -0.3 is 14.4 Å². The number of Topliss-reactive ketones (excluding diaryl/α,β-unsaturated/α-hetero) is 1. The molecule has 0 spiro atoms. The van der Waals surface area contributed by atoms with Gasteiger partial charge in [-0.05, 0) is 35.7 Å². The third-order valence-electron chi connectivity index (χ3n) is 6.07. The van der Waals surface area contributed by atoms with E-state index >= 15 is 0 Å². The summed E-state index contributed by atoms with van der Waals surface area (Å²) in [5, 5.41) is 11.6. The van der Waals surface area contributed by atoms with Crippen molar-refractivity contribution < 1.29 is 19.4 Å². The van der Waals surface area contributed by atoms with E-state index in [9.17, 15) is 14.7 Å². The molecule has 0 bridgehead atoms. The Bertz CT molecular complexity index is 1300. The van der Waals surface area contributed by atoms with Crippen LogP contribution in [0.15, 0.2) is 85.1 Å². The highest BCUT2D eigenvalue weighted by Gasteiger charge is 2.33. The van der Waals surface area contributed by atoms with Gasteiger partial charge in [-0.1, -0.05) is 72.3 Å². The summed E-state index contributed by atoms with van der Waals surface area (Å²) < 4.78 is 7.21. The second-order valence-corrected chi connectivity index (χ2v) is 8.71. The first kappa shape index (κ1) is 24.5. The Balaban J connectivity index is 1.74. The number of rotatable bonds is 10. The SMILES string of the molecule is COCCn1cc(C(=O)C(c2ccccc2)N(CCc2ccc(Cl)cc2)C(=O)O)c2ccccc21. The van der Waals surface area contributed by atoms with Gasteiger partial charge >= 0.3 is 6.09 Å². The van der Waals surface area contributed by atoms with Crippen LogP contribution in [-0.2, 0) is 17.7 Å². The lowest BCUT2D eigenvalue weighted by Gasteiger charge is -2.29. The summed E-state index contributed by atoms with van der Waals surface area (Å²) in [6.07, 6.45) is 1.11. The normalized spacial score (nSPS) is 11.9. The Morgan fingerprint density at radius 1 is 1.00 bits per heavy atom. The Hall–Kier alpha value is -3.61. The van der Waals surface area contributed by atoms with Crippen molar-refractivity contribution >= 4 is 34.4 Å². The second-order valence-electron chi connectivity index (χ2n) is 8.28. The number of carbonyl (C=O) groups excluding carboxylic acids is 1. The van der Waals surface area contributed by atoms with Crippen LogP contribution >= 0.6 is 11.6 Å². The predicted molar refractivity (Wildman–Crippen MR) is 137 cm³/mol. The van der Waals surface area contributed by atoms with E-state index in [0.717, 1.165) is 16.5 Å². The van der Waals surface area contributed by atoms with Gasteiger partial charge in [-0.2, -0.15) is 0 Å². The second kappa shape index (κ2) is 11.2. The van der Waals surface area contributed by atoms with Crippen LogP contribution in [0, 0.1) is 0 Å². The lowest BCUT2D eigenvalue weighted by atomic mass is 9.95. The highest BCUT2D eigenvalue weighted by Crippen LogP contribution is 2.31. The van der Waals surface area contributed by atoms with Crippen molar-refractivity contribution in [2.45, 2.75) is 19.0 Å². The van der Waals surface area contributed by atoms with Crippen LogP contribution in [0.2, 0.25) is 5.02 Å². The molecule has 0 fully saturated rings. The molecule has 0 aliphatic rings. The van der Waals surface area contributed by atoms with Gasteiger partial charge in [0.1, 0.15) is 6.04 Å². The number of hydrogen-bond donors (Lipinski definition) is 1. The largest absolute Gasteiger partial charge is 0.465 e. The van der Waals surface area contributed by atoms with Gasteiger partial charge in [0.05, 0.1) is 6.61 Å². The zero-order chi connectivity index (χ0) is 24.8. The number of methoxy groups -OCH3 is 1. The molecule has 1 heterocycles. The summed E-state index contributed by atoms with van der Waals surface area (Å²) in [6.45, 7) is 1.24. The molecular formula is C28H27ClN2O4. The number of hydrogen-bond acceptors (Lipinski definition) is 3. The number of ketones is 1. The quantitative estimate of drug-likeness (QED) is 0.273. The molecule has 0 radical (unpaired) electrons. The summed E-state index contributed by atoms with van der Waals surface area (Å²) >= 11 is 5.99. The lowest BCUT2D eigenvalue weighted by Crippen LogP contribution is -2.39. The number of halogens is 1. The van der Waals surface area contributed by atoms with Crippen molar-refractivity contribution in [3.05, 3.63) is 107 Å². The number of aromatic nitrogens is 1. The predicted octanol–water partition coefficient (Wildman–Crippen LogP) is 6.09. The third-order valence-corrected chi connectivity index (χ3v) is 6.32. The maximum absolute atomic E-state index is 14.1. The minimum atomic E-state index is -1.15. The van der Waals surface area contributed by atoms with Crippen molar-refractivity contribution in [2.75, 3.05) is 20.3 Å². The maximum atomic E-state index is 14.1. The van der Waals surface area contributed by atoms with Crippen LogP contribution in [0.25, 0.3) is 10.9 Å². The number of carboxylic acid groups (broad SMARTS) is 1. The summed E-state index contributed by atoms with van der Waals surface area (Å²) in [5.74, 6) is -0.262. The molecular weight excluding hydrogens is 464 g/mol. The fourth-order valence-electron chi connectivity index (χ4n) is 4.31. The molecule has 1 N–H and O–H groups in total. The number of ether oxygens (including phenoxy) is 1. The molecule has 4 aromatic rings. The lowest BCUT2D eigenvalue weighted by molar-refractivity contribution is 0.0787. The molecule has 1 aromatic heterocycles. The van der Waals surface area contributed by atoms with Crippen molar-refractivity contribution in [3.8, 4) is 0 Å². The van der Waals surface area contributed by atoms with Gasteiger partial charge in [0.2, 0.25) is 0 Å². The smallest absolute Gasteiger partial charge is 0.408 e. The van der Waals surface area contributed by atoms with Crippen LogP contribution in [0.3, 0.4) is 0 Å². The zero-order valence-corrected chi connectivity index (χ0v) is 20.2. The molecule has 0 aliphatic heterocycles. The summed E-state index contributed by atoms with van der Waals surface area (Å²) in [7, 11) is 1.63. The van der Waals surface area contributed by atoms with Crippen molar-refractivity contribution in [2.24, 2.45) is 0 Å². The van der Waals surface area contributed by atoms with Crippen LogP contribution < -0.4 is 0 Å². The van der Waals surface area contributed by atoms with E-state index in [1.165, 1.54) is 4.90 Å². The molecule has 1 unspecified atom stereocenters. The summed E-state index contributed by atoms with van der Waals surface area (Å²) in [4.78, 5) is 27.8. The van der Waals surface area contributed by atoms with Gasteiger partial charge in [-0.15, -0.1) is 0 Å². The number of para-hydroxylation sites is 1. The van der Waals surface area contributed by atoms with Crippen molar-refractivity contribution in [1.29, 1.82) is 0 Å². The zero-order valence-electron chi connectivity index (χ0n) is 19.4. The first-order valence-electron chi connectivity index (χ1n) is 11.4. The minimum Gasteiger partial charge on any atom is -0.465 e. The monoisotopic (exact) mass is 490 g/mol. The number of amides is 1. The molecule has 4 rings (SSSR count). The van der Waals surface area contributed by atoms with Crippen LogP contribution in [0.5, 0.6) is 0 Å². The van der Waals surface area contributed by atoms with Gasteiger partial charge in [0, 0.05) is 47.9 Å². The van der Waals surface area contributed by atoms with Gasteiger partial charge in [-0.25, -0.2) is 4.79 Å². The third kappa shape index (κ3) is 5.56.